The Morgan fingerprint density at radius 3 is 3.00 bits per heavy atom. The van der Waals surface area contributed by atoms with Gasteiger partial charge in [-0.3, -0.25) is 0 Å². The van der Waals surface area contributed by atoms with Gasteiger partial charge in [0.05, 0.1) is 7.11 Å². The maximum Gasteiger partial charge on any atom is 0.120 e. The van der Waals surface area contributed by atoms with Gasteiger partial charge in [0.2, 0.25) is 0 Å². The maximum atomic E-state index is 5.20. The third-order valence-electron chi connectivity index (χ3n) is 3.05. The number of hydrogen-bond acceptors (Lipinski definition) is 3. The molecule has 2 N–H and O–H groups in total. The standard InChI is InChI=1S/C13H20N2O/c1-10(8-11-6-7-14-11)15-12-4-3-5-13(9-12)16-2/h3-5,9-11,14-15H,6-8H2,1-2H3/t10-,11?/m0/s1. The zero-order chi connectivity index (χ0) is 11.4. The minimum Gasteiger partial charge on any atom is -0.497 e. The molecule has 88 valence electrons. The molecule has 1 aliphatic heterocycles. The van der Waals surface area contributed by atoms with Crippen molar-refractivity contribution >= 4 is 5.69 Å². The largest absolute Gasteiger partial charge is 0.497 e. The lowest BCUT2D eigenvalue weighted by molar-refractivity contribution is 0.339. The molecule has 3 heteroatoms. The Kier molecular flexibility index (Phi) is 3.67. The SMILES string of the molecule is COc1cccc(N[C@@H](C)CC2CCN2)c1. The van der Waals surface area contributed by atoms with Crippen molar-refractivity contribution < 1.29 is 4.74 Å². The first kappa shape index (κ1) is 11.3. The zero-order valence-corrected chi connectivity index (χ0v) is 9.99. The van der Waals surface area contributed by atoms with Gasteiger partial charge in [-0.1, -0.05) is 6.07 Å². The molecule has 1 aliphatic rings. The van der Waals surface area contributed by atoms with Gasteiger partial charge >= 0.3 is 0 Å². The van der Waals surface area contributed by atoms with E-state index in [-0.39, 0.29) is 0 Å². The first-order chi connectivity index (χ1) is 7.78. The Labute approximate surface area is 97.2 Å². The molecule has 1 aromatic rings. The van der Waals surface area contributed by atoms with Crippen LogP contribution in [0, 0.1) is 0 Å². The Balaban J connectivity index is 1.86. The molecule has 1 saturated heterocycles. The van der Waals surface area contributed by atoms with Crippen molar-refractivity contribution in [1.29, 1.82) is 0 Å². The monoisotopic (exact) mass is 220 g/mol. The quantitative estimate of drug-likeness (QED) is 0.798. The summed E-state index contributed by atoms with van der Waals surface area (Å²) in [5.74, 6) is 0.902. The van der Waals surface area contributed by atoms with Gasteiger partial charge in [-0.15, -0.1) is 0 Å². The smallest absolute Gasteiger partial charge is 0.120 e. The summed E-state index contributed by atoms with van der Waals surface area (Å²) in [6.45, 7) is 3.40. The van der Waals surface area contributed by atoms with E-state index in [9.17, 15) is 0 Å². The predicted molar refractivity (Wildman–Crippen MR) is 67.1 cm³/mol. The second-order valence-corrected chi connectivity index (χ2v) is 4.45. The Morgan fingerprint density at radius 2 is 2.38 bits per heavy atom. The Morgan fingerprint density at radius 1 is 1.56 bits per heavy atom. The zero-order valence-electron chi connectivity index (χ0n) is 9.99. The van der Waals surface area contributed by atoms with E-state index in [2.05, 4.69) is 23.6 Å². The second kappa shape index (κ2) is 5.21. The number of benzene rings is 1. The fourth-order valence-electron chi connectivity index (χ4n) is 2.03. The third-order valence-corrected chi connectivity index (χ3v) is 3.05. The van der Waals surface area contributed by atoms with Gasteiger partial charge in [-0.05, 0) is 38.4 Å². The molecule has 0 aromatic heterocycles. The number of rotatable bonds is 5. The number of hydrogen-bond donors (Lipinski definition) is 2. The maximum absolute atomic E-state index is 5.20. The van der Waals surface area contributed by atoms with Gasteiger partial charge < -0.3 is 15.4 Å². The molecule has 0 amide bonds. The number of methoxy groups -OCH3 is 1. The van der Waals surface area contributed by atoms with Crippen LogP contribution in [-0.2, 0) is 0 Å². The summed E-state index contributed by atoms with van der Waals surface area (Å²) in [7, 11) is 1.70. The summed E-state index contributed by atoms with van der Waals surface area (Å²) < 4.78 is 5.20. The molecule has 0 aliphatic carbocycles. The highest BCUT2D eigenvalue weighted by molar-refractivity contribution is 5.48. The Bertz CT molecular complexity index is 336. The average Bonchev–Trinajstić information content (AvgIpc) is 2.24. The molecule has 1 heterocycles. The molecule has 1 aromatic carbocycles. The van der Waals surface area contributed by atoms with Crippen LogP contribution in [0.1, 0.15) is 19.8 Å². The van der Waals surface area contributed by atoms with E-state index in [1.807, 2.05) is 18.2 Å². The minimum atomic E-state index is 0.491. The molecule has 1 unspecified atom stereocenters. The van der Waals surface area contributed by atoms with Crippen molar-refractivity contribution in [3.8, 4) is 5.75 Å². The van der Waals surface area contributed by atoms with Crippen molar-refractivity contribution in [2.24, 2.45) is 0 Å². The van der Waals surface area contributed by atoms with Crippen LogP contribution in [0.5, 0.6) is 5.75 Å². The van der Waals surface area contributed by atoms with E-state index < -0.39 is 0 Å². The van der Waals surface area contributed by atoms with E-state index in [0.717, 1.165) is 11.4 Å². The minimum absolute atomic E-state index is 0.491. The molecule has 0 saturated carbocycles. The number of nitrogens with one attached hydrogen (secondary N) is 2. The van der Waals surface area contributed by atoms with Crippen molar-refractivity contribution in [3.05, 3.63) is 24.3 Å². The first-order valence-electron chi connectivity index (χ1n) is 5.92. The van der Waals surface area contributed by atoms with Crippen LogP contribution in [0.25, 0.3) is 0 Å². The lowest BCUT2D eigenvalue weighted by atomic mass is 9.99. The number of ether oxygens (including phenoxy) is 1. The lowest BCUT2D eigenvalue weighted by Crippen LogP contribution is -2.45. The Hall–Kier alpha value is -1.22. The third kappa shape index (κ3) is 2.89. The van der Waals surface area contributed by atoms with Crippen molar-refractivity contribution in [1.82, 2.24) is 5.32 Å². The summed E-state index contributed by atoms with van der Waals surface area (Å²) in [5, 5.41) is 6.92. The number of anilines is 1. The van der Waals surface area contributed by atoms with Crippen LogP contribution >= 0.6 is 0 Å². The fraction of sp³-hybridized carbons (Fsp3) is 0.538. The summed E-state index contributed by atoms with van der Waals surface area (Å²) in [5.41, 5.74) is 1.13. The average molecular weight is 220 g/mol. The van der Waals surface area contributed by atoms with Gasteiger partial charge in [0, 0.05) is 23.8 Å². The molecule has 1 fully saturated rings. The molecule has 2 rings (SSSR count). The van der Waals surface area contributed by atoms with Gasteiger partial charge in [-0.2, -0.15) is 0 Å². The van der Waals surface area contributed by atoms with Crippen LogP contribution in [-0.4, -0.2) is 25.7 Å². The highest BCUT2D eigenvalue weighted by atomic mass is 16.5. The van der Waals surface area contributed by atoms with Crippen LogP contribution in [0.2, 0.25) is 0 Å². The molecular formula is C13H20N2O. The summed E-state index contributed by atoms with van der Waals surface area (Å²) in [6, 6.07) is 9.27. The van der Waals surface area contributed by atoms with E-state index in [0.29, 0.717) is 12.1 Å². The van der Waals surface area contributed by atoms with Gasteiger partial charge in [-0.25, -0.2) is 0 Å². The predicted octanol–water partition coefficient (Wildman–Crippen LogP) is 2.25. The fourth-order valence-corrected chi connectivity index (χ4v) is 2.03. The molecule has 0 spiro atoms. The molecule has 0 radical (unpaired) electrons. The van der Waals surface area contributed by atoms with Crippen molar-refractivity contribution in [2.45, 2.75) is 31.8 Å². The normalized spacial score (nSPS) is 21.0. The van der Waals surface area contributed by atoms with E-state index in [1.165, 1.54) is 19.4 Å². The molecule has 2 atom stereocenters. The molecule has 3 nitrogen and oxygen atoms in total. The molecule has 16 heavy (non-hydrogen) atoms. The lowest BCUT2D eigenvalue weighted by Gasteiger charge is -2.30. The topological polar surface area (TPSA) is 33.3 Å². The van der Waals surface area contributed by atoms with Gasteiger partial charge in [0.25, 0.3) is 0 Å². The van der Waals surface area contributed by atoms with Crippen molar-refractivity contribution in [2.75, 3.05) is 19.0 Å². The van der Waals surface area contributed by atoms with Crippen LogP contribution < -0.4 is 15.4 Å². The second-order valence-electron chi connectivity index (χ2n) is 4.45. The van der Waals surface area contributed by atoms with Crippen molar-refractivity contribution in [3.63, 3.8) is 0 Å². The summed E-state index contributed by atoms with van der Waals surface area (Å²) in [6.07, 6.45) is 2.49. The molecule has 0 bridgehead atoms. The summed E-state index contributed by atoms with van der Waals surface area (Å²) in [4.78, 5) is 0. The highest BCUT2D eigenvalue weighted by Crippen LogP contribution is 2.19. The summed E-state index contributed by atoms with van der Waals surface area (Å²) >= 11 is 0. The van der Waals surface area contributed by atoms with E-state index in [4.69, 9.17) is 4.74 Å². The van der Waals surface area contributed by atoms with Crippen LogP contribution in [0.3, 0.4) is 0 Å². The molecular weight excluding hydrogens is 200 g/mol. The van der Waals surface area contributed by atoms with Crippen LogP contribution in [0.15, 0.2) is 24.3 Å². The van der Waals surface area contributed by atoms with E-state index in [1.54, 1.807) is 7.11 Å². The van der Waals surface area contributed by atoms with Crippen LogP contribution in [0.4, 0.5) is 5.69 Å². The van der Waals surface area contributed by atoms with E-state index >= 15 is 0 Å². The first-order valence-corrected chi connectivity index (χ1v) is 5.92. The highest BCUT2D eigenvalue weighted by Gasteiger charge is 2.18. The van der Waals surface area contributed by atoms with Gasteiger partial charge in [0.15, 0.2) is 0 Å². The van der Waals surface area contributed by atoms with Gasteiger partial charge in [0.1, 0.15) is 5.75 Å².